The van der Waals surface area contributed by atoms with E-state index in [-0.39, 0.29) is 5.91 Å². The van der Waals surface area contributed by atoms with Gasteiger partial charge in [0.25, 0.3) is 5.91 Å². The Kier molecular flexibility index (Phi) is 4.03. The smallest absolute Gasteiger partial charge is 0.265 e. The summed E-state index contributed by atoms with van der Waals surface area (Å²) in [7, 11) is 0. The highest BCUT2D eigenvalue weighted by molar-refractivity contribution is 5.98. The number of para-hydroxylation sites is 1. The SMILES string of the molecule is CCCC/C=C/c1cccc2c1OC(C)C(=O)N2. The molecule has 96 valence electrons. The Morgan fingerprint density at radius 1 is 1.44 bits per heavy atom. The first-order chi connectivity index (χ1) is 8.72. The van der Waals surface area contributed by atoms with Crippen LogP contribution < -0.4 is 10.1 Å². The molecule has 0 saturated heterocycles. The number of carbonyl (C=O) groups is 1. The Labute approximate surface area is 108 Å². The van der Waals surface area contributed by atoms with Crippen molar-refractivity contribution in [1.82, 2.24) is 0 Å². The highest BCUT2D eigenvalue weighted by Crippen LogP contribution is 2.34. The number of carbonyl (C=O) groups excluding carboxylic acids is 1. The van der Waals surface area contributed by atoms with Crippen molar-refractivity contribution in [3.05, 3.63) is 29.8 Å². The molecule has 1 N–H and O–H groups in total. The summed E-state index contributed by atoms with van der Waals surface area (Å²) in [5, 5.41) is 2.85. The first-order valence-electron chi connectivity index (χ1n) is 6.49. The van der Waals surface area contributed by atoms with Crippen LogP contribution in [0.2, 0.25) is 0 Å². The van der Waals surface area contributed by atoms with Gasteiger partial charge in [0, 0.05) is 5.56 Å². The number of allylic oxidation sites excluding steroid dienone is 1. The quantitative estimate of drug-likeness (QED) is 0.823. The van der Waals surface area contributed by atoms with Gasteiger partial charge in [0.05, 0.1) is 5.69 Å². The van der Waals surface area contributed by atoms with E-state index in [0.29, 0.717) is 0 Å². The summed E-state index contributed by atoms with van der Waals surface area (Å²) in [5.74, 6) is 0.687. The van der Waals surface area contributed by atoms with Gasteiger partial charge in [-0.2, -0.15) is 0 Å². The third-order valence-corrected chi connectivity index (χ3v) is 2.99. The molecule has 1 aliphatic heterocycles. The number of amides is 1. The summed E-state index contributed by atoms with van der Waals surface area (Å²) < 4.78 is 5.67. The van der Waals surface area contributed by atoms with Crippen LogP contribution in [0.1, 0.15) is 38.7 Å². The van der Waals surface area contributed by atoms with Crippen LogP contribution in [0.25, 0.3) is 6.08 Å². The van der Waals surface area contributed by atoms with Crippen molar-refractivity contribution in [2.75, 3.05) is 5.32 Å². The first-order valence-corrected chi connectivity index (χ1v) is 6.49. The molecule has 2 rings (SSSR count). The maximum absolute atomic E-state index is 11.5. The zero-order chi connectivity index (χ0) is 13.0. The number of ether oxygens (including phenoxy) is 1. The molecule has 3 heteroatoms. The van der Waals surface area contributed by atoms with Crippen LogP contribution >= 0.6 is 0 Å². The third-order valence-electron chi connectivity index (χ3n) is 2.99. The van der Waals surface area contributed by atoms with Crippen LogP contribution in [0.5, 0.6) is 5.75 Å². The molecule has 1 amide bonds. The predicted molar refractivity (Wildman–Crippen MR) is 73.7 cm³/mol. The summed E-state index contributed by atoms with van der Waals surface area (Å²) in [5.41, 5.74) is 1.78. The van der Waals surface area contributed by atoms with E-state index in [2.05, 4.69) is 24.4 Å². The molecular formula is C15H19NO2. The number of nitrogens with one attached hydrogen (secondary N) is 1. The lowest BCUT2D eigenvalue weighted by Gasteiger charge is -2.24. The molecule has 0 fully saturated rings. The third kappa shape index (κ3) is 2.73. The number of fused-ring (bicyclic) bond motifs is 1. The van der Waals surface area contributed by atoms with Crippen LogP contribution in [0.3, 0.4) is 0 Å². The van der Waals surface area contributed by atoms with Gasteiger partial charge in [-0.25, -0.2) is 0 Å². The summed E-state index contributed by atoms with van der Waals surface area (Å²) in [6.07, 6.45) is 7.26. The minimum atomic E-state index is -0.428. The van der Waals surface area contributed by atoms with Crippen LogP contribution in [0.15, 0.2) is 24.3 Å². The average Bonchev–Trinajstić information content (AvgIpc) is 2.36. The van der Waals surface area contributed by atoms with Crippen LogP contribution in [-0.4, -0.2) is 12.0 Å². The van der Waals surface area contributed by atoms with Crippen molar-refractivity contribution in [3.63, 3.8) is 0 Å². The summed E-state index contributed by atoms with van der Waals surface area (Å²) in [6.45, 7) is 3.94. The standard InChI is InChI=1S/C15H19NO2/c1-3-4-5-6-8-12-9-7-10-13-14(12)18-11(2)15(17)16-13/h6-11H,3-5H2,1-2H3,(H,16,17)/b8-6+. The molecule has 1 heterocycles. The number of hydrogen-bond donors (Lipinski definition) is 1. The molecule has 1 unspecified atom stereocenters. The Hall–Kier alpha value is -1.77. The molecule has 1 aliphatic rings. The van der Waals surface area contributed by atoms with Crippen LogP contribution in [0, 0.1) is 0 Å². The molecule has 18 heavy (non-hydrogen) atoms. The second-order valence-electron chi connectivity index (χ2n) is 4.52. The minimum absolute atomic E-state index is 0.0883. The molecule has 3 nitrogen and oxygen atoms in total. The van der Waals surface area contributed by atoms with E-state index >= 15 is 0 Å². The number of rotatable bonds is 4. The maximum Gasteiger partial charge on any atom is 0.265 e. The van der Waals surface area contributed by atoms with E-state index in [0.717, 1.165) is 23.4 Å². The van der Waals surface area contributed by atoms with Gasteiger partial charge in [-0.05, 0) is 19.4 Å². The van der Waals surface area contributed by atoms with Crippen molar-refractivity contribution >= 4 is 17.7 Å². The fourth-order valence-electron chi connectivity index (χ4n) is 1.91. The summed E-state index contributed by atoms with van der Waals surface area (Å²) in [6, 6.07) is 5.80. The van der Waals surface area contributed by atoms with Gasteiger partial charge < -0.3 is 10.1 Å². The Balaban J connectivity index is 2.20. The van der Waals surface area contributed by atoms with E-state index in [4.69, 9.17) is 4.74 Å². The highest BCUT2D eigenvalue weighted by atomic mass is 16.5. The zero-order valence-electron chi connectivity index (χ0n) is 10.9. The molecule has 0 aromatic heterocycles. The van der Waals surface area contributed by atoms with Crippen molar-refractivity contribution in [2.24, 2.45) is 0 Å². The molecule has 0 aliphatic carbocycles. The van der Waals surface area contributed by atoms with E-state index in [1.807, 2.05) is 18.2 Å². The minimum Gasteiger partial charge on any atom is -0.478 e. The fourth-order valence-corrected chi connectivity index (χ4v) is 1.91. The molecule has 1 aromatic rings. The van der Waals surface area contributed by atoms with Crippen molar-refractivity contribution in [2.45, 2.75) is 39.2 Å². The Bertz CT molecular complexity index is 466. The lowest BCUT2D eigenvalue weighted by atomic mass is 10.1. The molecule has 0 spiro atoms. The van der Waals surface area contributed by atoms with Gasteiger partial charge in [0.15, 0.2) is 11.9 Å². The Morgan fingerprint density at radius 2 is 2.28 bits per heavy atom. The van der Waals surface area contributed by atoms with Gasteiger partial charge in [0.1, 0.15) is 0 Å². The number of unbranched alkanes of at least 4 members (excludes halogenated alkanes) is 2. The maximum atomic E-state index is 11.5. The molecule has 0 saturated carbocycles. The average molecular weight is 245 g/mol. The monoisotopic (exact) mass is 245 g/mol. The fraction of sp³-hybridized carbons (Fsp3) is 0.400. The van der Waals surface area contributed by atoms with E-state index in [9.17, 15) is 4.79 Å². The number of benzene rings is 1. The van der Waals surface area contributed by atoms with Gasteiger partial charge >= 0.3 is 0 Å². The van der Waals surface area contributed by atoms with Gasteiger partial charge in [-0.15, -0.1) is 0 Å². The van der Waals surface area contributed by atoms with Gasteiger partial charge in [0.2, 0.25) is 0 Å². The van der Waals surface area contributed by atoms with Crippen molar-refractivity contribution in [1.29, 1.82) is 0 Å². The molecule has 1 aromatic carbocycles. The second-order valence-corrected chi connectivity index (χ2v) is 4.52. The number of hydrogen-bond acceptors (Lipinski definition) is 2. The van der Waals surface area contributed by atoms with E-state index < -0.39 is 6.10 Å². The van der Waals surface area contributed by atoms with Crippen molar-refractivity contribution in [3.8, 4) is 5.75 Å². The van der Waals surface area contributed by atoms with Gasteiger partial charge in [-0.3, -0.25) is 4.79 Å². The molecule has 0 bridgehead atoms. The molecule has 1 atom stereocenters. The summed E-state index contributed by atoms with van der Waals surface area (Å²) >= 11 is 0. The topological polar surface area (TPSA) is 38.3 Å². The Morgan fingerprint density at radius 3 is 3.06 bits per heavy atom. The first kappa shape index (κ1) is 12.7. The second kappa shape index (κ2) is 5.71. The predicted octanol–water partition coefficient (Wildman–Crippen LogP) is 3.61. The lowest BCUT2D eigenvalue weighted by molar-refractivity contribution is -0.122. The zero-order valence-corrected chi connectivity index (χ0v) is 10.9. The van der Waals surface area contributed by atoms with Crippen LogP contribution in [0.4, 0.5) is 5.69 Å². The van der Waals surface area contributed by atoms with Gasteiger partial charge in [-0.1, -0.05) is 44.1 Å². The van der Waals surface area contributed by atoms with Crippen LogP contribution in [-0.2, 0) is 4.79 Å². The van der Waals surface area contributed by atoms with E-state index in [1.54, 1.807) is 6.92 Å². The number of anilines is 1. The largest absolute Gasteiger partial charge is 0.478 e. The highest BCUT2D eigenvalue weighted by Gasteiger charge is 2.24. The van der Waals surface area contributed by atoms with E-state index in [1.165, 1.54) is 12.8 Å². The normalized spacial score (nSPS) is 18.3. The lowest BCUT2D eigenvalue weighted by Crippen LogP contribution is -2.34. The van der Waals surface area contributed by atoms with Crippen molar-refractivity contribution < 1.29 is 9.53 Å². The summed E-state index contributed by atoms with van der Waals surface area (Å²) in [4.78, 5) is 11.5. The molecular weight excluding hydrogens is 226 g/mol. The molecule has 0 radical (unpaired) electrons.